The molecule has 28 heavy (non-hydrogen) atoms. The Morgan fingerprint density at radius 2 is 1.75 bits per heavy atom. The molecule has 0 aliphatic rings. The summed E-state index contributed by atoms with van der Waals surface area (Å²) in [6.07, 6.45) is 1.78. The van der Waals surface area contributed by atoms with Crippen LogP contribution in [0.1, 0.15) is 33.6 Å². The Hall–Kier alpha value is -2.99. The summed E-state index contributed by atoms with van der Waals surface area (Å²) < 4.78 is 2.01. The molecule has 144 valence electrons. The van der Waals surface area contributed by atoms with Gasteiger partial charge in [-0.25, -0.2) is 0 Å². The van der Waals surface area contributed by atoms with Crippen LogP contribution in [0.25, 0.3) is 0 Å². The predicted molar refractivity (Wildman–Crippen MR) is 119 cm³/mol. The predicted octanol–water partition coefficient (Wildman–Crippen LogP) is 3.85. The van der Waals surface area contributed by atoms with Crippen LogP contribution < -0.4 is 10.7 Å². The number of hydrogen-bond donors (Lipinski definition) is 2. The minimum Gasteiger partial charge on any atom is -0.357 e. The van der Waals surface area contributed by atoms with Crippen molar-refractivity contribution in [2.75, 3.05) is 0 Å². The topological polar surface area (TPSA) is 54.2 Å². The van der Waals surface area contributed by atoms with Crippen molar-refractivity contribution >= 4 is 23.5 Å². The Labute approximate surface area is 171 Å². The zero-order valence-corrected chi connectivity index (χ0v) is 17.3. The third kappa shape index (κ3) is 5.27. The molecule has 3 aromatic rings. The molecule has 0 saturated carbocycles. The van der Waals surface area contributed by atoms with E-state index in [4.69, 9.17) is 12.2 Å². The summed E-state index contributed by atoms with van der Waals surface area (Å²) in [5, 5.41) is 12.6. The van der Waals surface area contributed by atoms with Gasteiger partial charge in [-0.15, -0.1) is 0 Å². The fraction of sp³-hybridized carbons (Fsp3) is 0.227. The molecule has 0 bridgehead atoms. The Bertz CT molecular complexity index is 959. The van der Waals surface area contributed by atoms with Crippen LogP contribution in [0.15, 0.2) is 59.7 Å². The SMILES string of the molecule is Cc1ccc(Cn2nc(C)c(/C=N\NC(=S)NCc3ccccc3)c2C)cc1. The highest BCUT2D eigenvalue weighted by molar-refractivity contribution is 7.80. The van der Waals surface area contributed by atoms with Crippen molar-refractivity contribution in [2.45, 2.75) is 33.9 Å². The van der Waals surface area contributed by atoms with Crippen LogP contribution in [-0.2, 0) is 13.1 Å². The highest BCUT2D eigenvalue weighted by atomic mass is 32.1. The lowest BCUT2D eigenvalue weighted by atomic mass is 10.1. The number of nitrogens with zero attached hydrogens (tertiary/aromatic N) is 3. The first-order chi connectivity index (χ1) is 13.5. The number of nitrogens with one attached hydrogen (secondary N) is 2. The third-order valence-corrected chi connectivity index (χ3v) is 4.78. The van der Waals surface area contributed by atoms with Crippen LogP contribution in [0.2, 0.25) is 0 Å². The average molecular weight is 392 g/mol. The first-order valence-electron chi connectivity index (χ1n) is 9.23. The summed E-state index contributed by atoms with van der Waals surface area (Å²) in [5.41, 5.74) is 9.55. The fourth-order valence-electron chi connectivity index (χ4n) is 2.89. The molecule has 0 spiro atoms. The summed E-state index contributed by atoms with van der Waals surface area (Å²) in [6.45, 7) is 7.54. The van der Waals surface area contributed by atoms with E-state index < -0.39 is 0 Å². The maximum atomic E-state index is 5.28. The van der Waals surface area contributed by atoms with Gasteiger partial charge in [0.2, 0.25) is 0 Å². The molecule has 0 atom stereocenters. The second-order valence-corrected chi connectivity index (χ2v) is 7.17. The largest absolute Gasteiger partial charge is 0.357 e. The van der Waals surface area contributed by atoms with Gasteiger partial charge in [0.05, 0.1) is 18.5 Å². The Kier molecular flexibility index (Phi) is 6.55. The van der Waals surface area contributed by atoms with E-state index in [1.807, 2.05) is 41.9 Å². The number of hydrogen-bond acceptors (Lipinski definition) is 3. The van der Waals surface area contributed by atoms with Crippen LogP contribution in [0.4, 0.5) is 0 Å². The zero-order valence-electron chi connectivity index (χ0n) is 16.4. The van der Waals surface area contributed by atoms with Gasteiger partial charge in [-0.3, -0.25) is 10.1 Å². The number of thiocarbonyl (C=S) groups is 1. The van der Waals surface area contributed by atoms with Crippen LogP contribution in [0.5, 0.6) is 0 Å². The lowest BCUT2D eigenvalue weighted by Gasteiger charge is -2.07. The monoisotopic (exact) mass is 391 g/mol. The van der Waals surface area contributed by atoms with E-state index >= 15 is 0 Å². The van der Waals surface area contributed by atoms with Crippen LogP contribution >= 0.6 is 12.2 Å². The summed E-state index contributed by atoms with van der Waals surface area (Å²) >= 11 is 5.28. The molecule has 1 aromatic heterocycles. The highest BCUT2D eigenvalue weighted by Gasteiger charge is 2.10. The van der Waals surface area contributed by atoms with Gasteiger partial charge in [0.25, 0.3) is 0 Å². The summed E-state index contributed by atoms with van der Waals surface area (Å²) in [4.78, 5) is 0. The molecule has 1 heterocycles. The zero-order chi connectivity index (χ0) is 19.9. The van der Waals surface area contributed by atoms with Crippen molar-refractivity contribution in [3.63, 3.8) is 0 Å². The van der Waals surface area contributed by atoms with E-state index in [-0.39, 0.29) is 0 Å². The van der Waals surface area contributed by atoms with Gasteiger partial charge in [0.15, 0.2) is 5.11 Å². The number of benzene rings is 2. The van der Waals surface area contributed by atoms with E-state index in [1.165, 1.54) is 16.7 Å². The number of rotatable bonds is 6. The van der Waals surface area contributed by atoms with Crippen molar-refractivity contribution < 1.29 is 0 Å². The first-order valence-corrected chi connectivity index (χ1v) is 9.64. The second kappa shape index (κ2) is 9.28. The third-order valence-electron chi connectivity index (χ3n) is 4.55. The molecule has 5 nitrogen and oxygen atoms in total. The molecule has 0 aliphatic heterocycles. The number of aryl methyl sites for hydroxylation is 2. The summed E-state index contributed by atoms with van der Waals surface area (Å²) in [5.74, 6) is 0. The van der Waals surface area contributed by atoms with Crippen molar-refractivity contribution in [2.24, 2.45) is 5.10 Å². The van der Waals surface area contributed by atoms with E-state index in [9.17, 15) is 0 Å². The van der Waals surface area contributed by atoms with Gasteiger partial charge >= 0.3 is 0 Å². The molecule has 3 rings (SSSR count). The van der Waals surface area contributed by atoms with Gasteiger partial charge < -0.3 is 5.32 Å². The standard InChI is InChI=1S/C22H25N5S/c1-16-9-11-20(12-10-16)15-27-18(3)21(17(2)26-27)14-24-25-22(28)23-13-19-7-5-4-6-8-19/h4-12,14H,13,15H2,1-3H3,(H2,23,25,28)/b24-14-. The smallest absolute Gasteiger partial charge is 0.187 e. The minimum absolute atomic E-state index is 0.488. The van der Waals surface area contributed by atoms with Crippen molar-refractivity contribution in [1.29, 1.82) is 0 Å². The molecule has 2 N–H and O–H groups in total. The summed E-state index contributed by atoms with van der Waals surface area (Å²) in [6, 6.07) is 18.6. The van der Waals surface area contributed by atoms with Gasteiger partial charge in [-0.2, -0.15) is 10.2 Å². The van der Waals surface area contributed by atoms with E-state index in [0.29, 0.717) is 11.7 Å². The molecule has 0 radical (unpaired) electrons. The Morgan fingerprint density at radius 1 is 1.04 bits per heavy atom. The van der Waals surface area contributed by atoms with E-state index in [2.05, 4.69) is 59.1 Å². The molecule has 0 fully saturated rings. The van der Waals surface area contributed by atoms with E-state index in [0.717, 1.165) is 23.5 Å². The molecular weight excluding hydrogens is 366 g/mol. The molecule has 0 unspecified atom stereocenters. The molecule has 0 amide bonds. The van der Waals surface area contributed by atoms with Crippen LogP contribution in [-0.4, -0.2) is 21.1 Å². The van der Waals surface area contributed by atoms with Gasteiger partial charge in [0.1, 0.15) is 0 Å². The van der Waals surface area contributed by atoms with Crippen molar-refractivity contribution in [3.8, 4) is 0 Å². The van der Waals surface area contributed by atoms with Crippen LogP contribution in [0.3, 0.4) is 0 Å². The van der Waals surface area contributed by atoms with Gasteiger partial charge in [0, 0.05) is 17.8 Å². The fourth-order valence-corrected chi connectivity index (χ4v) is 3.02. The quantitative estimate of drug-likeness (QED) is 0.381. The summed E-state index contributed by atoms with van der Waals surface area (Å²) in [7, 11) is 0. The molecule has 6 heteroatoms. The highest BCUT2D eigenvalue weighted by Crippen LogP contribution is 2.13. The Morgan fingerprint density at radius 3 is 2.46 bits per heavy atom. The van der Waals surface area contributed by atoms with Crippen molar-refractivity contribution in [3.05, 3.63) is 88.2 Å². The average Bonchev–Trinajstić information content (AvgIpc) is 2.96. The first kappa shape index (κ1) is 19.8. The maximum Gasteiger partial charge on any atom is 0.187 e. The Balaban J connectivity index is 1.58. The molecule has 2 aromatic carbocycles. The molecular formula is C22H25N5S. The van der Waals surface area contributed by atoms with Crippen molar-refractivity contribution in [1.82, 2.24) is 20.5 Å². The normalized spacial score (nSPS) is 11.0. The van der Waals surface area contributed by atoms with Crippen LogP contribution in [0, 0.1) is 20.8 Å². The molecule has 0 saturated heterocycles. The lowest BCUT2D eigenvalue weighted by Crippen LogP contribution is -2.31. The lowest BCUT2D eigenvalue weighted by molar-refractivity contribution is 0.659. The van der Waals surface area contributed by atoms with Gasteiger partial charge in [-0.1, -0.05) is 60.2 Å². The maximum absolute atomic E-state index is 5.28. The number of aromatic nitrogens is 2. The van der Waals surface area contributed by atoms with Gasteiger partial charge in [-0.05, 0) is 44.1 Å². The molecule has 0 aliphatic carbocycles. The second-order valence-electron chi connectivity index (χ2n) is 6.77. The van der Waals surface area contributed by atoms with E-state index in [1.54, 1.807) is 6.21 Å². The minimum atomic E-state index is 0.488. The number of hydrazone groups is 1.